The van der Waals surface area contributed by atoms with Crippen LogP contribution in [0.2, 0.25) is 0 Å². The summed E-state index contributed by atoms with van der Waals surface area (Å²) in [6.45, 7) is 2.73. The van der Waals surface area contributed by atoms with Gasteiger partial charge in [0, 0.05) is 13.3 Å². The number of rotatable bonds is 7. The molecule has 0 bridgehead atoms. The van der Waals surface area contributed by atoms with E-state index < -0.39 is 24.3 Å². The summed E-state index contributed by atoms with van der Waals surface area (Å²) in [5, 5.41) is 0. The molecule has 0 aliphatic carbocycles. The molecule has 0 aromatic heterocycles. The van der Waals surface area contributed by atoms with Crippen molar-refractivity contribution in [3.05, 3.63) is 0 Å². The van der Waals surface area contributed by atoms with Crippen LogP contribution in [0.5, 0.6) is 0 Å². The maximum absolute atomic E-state index is 13.0. The zero-order chi connectivity index (χ0) is 12.6. The first-order valence-electron chi connectivity index (χ1n) is 5.08. The van der Waals surface area contributed by atoms with Crippen molar-refractivity contribution < 1.29 is 27.8 Å². The van der Waals surface area contributed by atoms with Gasteiger partial charge < -0.3 is 9.47 Å². The van der Waals surface area contributed by atoms with E-state index in [9.17, 15) is 18.4 Å². The Labute approximate surface area is 92.9 Å². The second kappa shape index (κ2) is 7.14. The van der Waals surface area contributed by atoms with Gasteiger partial charge in [0.05, 0.1) is 13.2 Å². The van der Waals surface area contributed by atoms with Crippen LogP contribution in [0, 0.1) is 0 Å². The Balaban J connectivity index is 3.73. The number of ether oxygens (including phenoxy) is 2. The zero-order valence-corrected chi connectivity index (χ0v) is 9.42. The SMILES string of the molecule is CCOC(=O)C(F)(F)CCCCOC(C)=O. The molecular weight excluding hydrogens is 222 g/mol. The molecule has 0 saturated heterocycles. The molecule has 0 atom stereocenters. The normalized spacial score (nSPS) is 11.0. The number of carbonyl (C=O) groups is 2. The van der Waals surface area contributed by atoms with Gasteiger partial charge in [-0.05, 0) is 19.8 Å². The lowest BCUT2D eigenvalue weighted by atomic mass is 10.1. The number of hydrogen-bond donors (Lipinski definition) is 0. The van der Waals surface area contributed by atoms with Crippen LogP contribution in [0.15, 0.2) is 0 Å². The van der Waals surface area contributed by atoms with Crippen LogP contribution in [0.3, 0.4) is 0 Å². The Hall–Kier alpha value is -1.20. The van der Waals surface area contributed by atoms with Crippen molar-refractivity contribution >= 4 is 11.9 Å². The van der Waals surface area contributed by atoms with E-state index in [2.05, 4.69) is 9.47 Å². The third kappa shape index (κ3) is 6.31. The molecule has 0 saturated carbocycles. The molecular formula is C10H16F2O4. The highest BCUT2D eigenvalue weighted by Gasteiger charge is 2.39. The minimum atomic E-state index is -3.45. The van der Waals surface area contributed by atoms with E-state index in [0.717, 1.165) is 0 Å². The molecule has 0 aliphatic heterocycles. The fourth-order valence-corrected chi connectivity index (χ4v) is 1.00. The van der Waals surface area contributed by atoms with Crippen molar-refractivity contribution in [1.82, 2.24) is 0 Å². The molecule has 0 heterocycles. The monoisotopic (exact) mass is 238 g/mol. The Morgan fingerprint density at radius 1 is 1.19 bits per heavy atom. The first-order chi connectivity index (χ1) is 7.40. The molecule has 4 nitrogen and oxygen atoms in total. The number of carbonyl (C=O) groups excluding carboxylic acids is 2. The minimum absolute atomic E-state index is 0.0676. The van der Waals surface area contributed by atoms with Gasteiger partial charge in [0.1, 0.15) is 0 Å². The molecule has 6 heteroatoms. The van der Waals surface area contributed by atoms with Gasteiger partial charge in [-0.25, -0.2) is 4.79 Å². The van der Waals surface area contributed by atoms with Crippen LogP contribution >= 0.6 is 0 Å². The third-order valence-corrected chi connectivity index (χ3v) is 1.76. The lowest BCUT2D eigenvalue weighted by Gasteiger charge is -2.14. The molecule has 0 spiro atoms. The van der Waals surface area contributed by atoms with Crippen LogP contribution in [-0.2, 0) is 19.1 Å². The number of unbranched alkanes of at least 4 members (excludes halogenated alkanes) is 1. The van der Waals surface area contributed by atoms with Gasteiger partial charge in [-0.3, -0.25) is 4.79 Å². The van der Waals surface area contributed by atoms with Crippen molar-refractivity contribution in [2.75, 3.05) is 13.2 Å². The zero-order valence-electron chi connectivity index (χ0n) is 9.42. The summed E-state index contributed by atoms with van der Waals surface area (Å²) < 4.78 is 34.8. The van der Waals surface area contributed by atoms with Gasteiger partial charge in [-0.1, -0.05) is 0 Å². The van der Waals surface area contributed by atoms with E-state index in [0.29, 0.717) is 6.42 Å². The van der Waals surface area contributed by atoms with Crippen molar-refractivity contribution in [3.8, 4) is 0 Å². The van der Waals surface area contributed by atoms with E-state index in [1.165, 1.54) is 13.8 Å². The maximum atomic E-state index is 13.0. The van der Waals surface area contributed by atoms with Crippen LogP contribution in [-0.4, -0.2) is 31.1 Å². The maximum Gasteiger partial charge on any atom is 0.376 e. The summed E-state index contributed by atoms with van der Waals surface area (Å²) in [7, 11) is 0. The molecule has 0 radical (unpaired) electrons. The largest absolute Gasteiger partial charge is 0.466 e. The fraction of sp³-hybridized carbons (Fsp3) is 0.800. The topological polar surface area (TPSA) is 52.6 Å². The Bertz CT molecular complexity index is 241. The molecule has 0 aliphatic rings. The van der Waals surface area contributed by atoms with Gasteiger partial charge in [0.15, 0.2) is 0 Å². The van der Waals surface area contributed by atoms with E-state index in [1.54, 1.807) is 0 Å². The van der Waals surface area contributed by atoms with Crippen LogP contribution < -0.4 is 0 Å². The van der Waals surface area contributed by atoms with Crippen LogP contribution in [0.25, 0.3) is 0 Å². The van der Waals surface area contributed by atoms with Gasteiger partial charge >= 0.3 is 17.9 Å². The fourth-order valence-electron chi connectivity index (χ4n) is 1.00. The van der Waals surface area contributed by atoms with E-state index in [1.807, 2.05) is 0 Å². The quantitative estimate of drug-likeness (QED) is 0.502. The second-order valence-corrected chi connectivity index (χ2v) is 3.22. The highest BCUT2D eigenvalue weighted by Crippen LogP contribution is 2.22. The Kier molecular flexibility index (Phi) is 6.60. The molecule has 0 rings (SSSR count). The standard InChI is InChI=1S/C10H16F2O4/c1-3-15-9(14)10(11,12)6-4-5-7-16-8(2)13/h3-7H2,1-2H3. The lowest BCUT2D eigenvalue weighted by molar-refractivity contribution is -0.172. The molecule has 0 amide bonds. The van der Waals surface area contributed by atoms with Gasteiger partial charge in [-0.2, -0.15) is 8.78 Å². The molecule has 0 unspecified atom stereocenters. The lowest BCUT2D eigenvalue weighted by Crippen LogP contribution is -2.30. The van der Waals surface area contributed by atoms with E-state index in [4.69, 9.17) is 0 Å². The second-order valence-electron chi connectivity index (χ2n) is 3.22. The van der Waals surface area contributed by atoms with Crippen molar-refractivity contribution in [3.63, 3.8) is 0 Å². The van der Waals surface area contributed by atoms with E-state index in [-0.39, 0.29) is 19.6 Å². The number of esters is 2. The molecule has 94 valence electrons. The smallest absolute Gasteiger partial charge is 0.376 e. The van der Waals surface area contributed by atoms with Crippen LogP contribution in [0.1, 0.15) is 33.1 Å². The predicted octanol–water partition coefficient (Wildman–Crippen LogP) is 1.92. The number of halogens is 2. The Morgan fingerprint density at radius 3 is 2.31 bits per heavy atom. The average molecular weight is 238 g/mol. The third-order valence-electron chi connectivity index (χ3n) is 1.76. The first kappa shape index (κ1) is 14.8. The predicted molar refractivity (Wildman–Crippen MR) is 52.1 cm³/mol. The summed E-state index contributed by atoms with van der Waals surface area (Å²) in [6.07, 6.45) is -0.194. The molecule has 16 heavy (non-hydrogen) atoms. The van der Waals surface area contributed by atoms with E-state index >= 15 is 0 Å². The summed E-state index contributed by atoms with van der Waals surface area (Å²) in [5.41, 5.74) is 0. The summed E-state index contributed by atoms with van der Waals surface area (Å²) in [4.78, 5) is 21.1. The Morgan fingerprint density at radius 2 is 1.81 bits per heavy atom. The minimum Gasteiger partial charge on any atom is -0.466 e. The average Bonchev–Trinajstić information content (AvgIpc) is 2.17. The summed E-state index contributed by atoms with van der Waals surface area (Å²) in [5.74, 6) is -5.40. The molecule has 0 fully saturated rings. The molecule has 0 N–H and O–H groups in total. The van der Waals surface area contributed by atoms with Gasteiger partial charge in [0.2, 0.25) is 0 Å². The molecule has 0 aromatic carbocycles. The summed E-state index contributed by atoms with van der Waals surface area (Å²) >= 11 is 0. The van der Waals surface area contributed by atoms with Crippen molar-refractivity contribution in [2.24, 2.45) is 0 Å². The van der Waals surface area contributed by atoms with Crippen LogP contribution in [0.4, 0.5) is 8.78 Å². The van der Waals surface area contributed by atoms with Crippen molar-refractivity contribution in [2.45, 2.75) is 39.0 Å². The highest BCUT2D eigenvalue weighted by atomic mass is 19.3. The van der Waals surface area contributed by atoms with Gasteiger partial charge in [-0.15, -0.1) is 0 Å². The summed E-state index contributed by atoms with van der Waals surface area (Å²) in [6, 6.07) is 0. The highest BCUT2D eigenvalue weighted by molar-refractivity contribution is 5.77. The van der Waals surface area contributed by atoms with Crippen molar-refractivity contribution in [1.29, 1.82) is 0 Å². The first-order valence-corrected chi connectivity index (χ1v) is 5.08. The van der Waals surface area contributed by atoms with Gasteiger partial charge in [0.25, 0.3) is 0 Å². The number of alkyl halides is 2. The number of hydrogen-bond acceptors (Lipinski definition) is 4. The molecule has 0 aromatic rings.